The quantitative estimate of drug-likeness (QED) is 0.329. The lowest BCUT2D eigenvalue weighted by atomic mass is 10.1. The van der Waals surface area contributed by atoms with E-state index in [0.29, 0.717) is 36.0 Å². The van der Waals surface area contributed by atoms with E-state index >= 15 is 0 Å². The molecular formula is C22H21IN2O6. The third-order valence-corrected chi connectivity index (χ3v) is 5.16. The molecule has 9 heteroatoms. The molecule has 2 aromatic rings. The smallest absolute Gasteiger partial charge is 0.336 e. The number of barbiturate groups is 1. The summed E-state index contributed by atoms with van der Waals surface area (Å²) in [5.74, 6) is -0.111. The zero-order valence-electron chi connectivity index (χ0n) is 17.2. The summed E-state index contributed by atoms with van der Waals surface area (Å²) in [6, 6.07) is 9.23. The molecule has 162 valence electrons. The van der Waals surface area contributed by atoms with Crippen LogP contribution in [0.5, 0.6) is 17.2 Å². The van der Waals surface area contributed by atoms with Crippen molar-refractivity contribution in [1.29, 1.82) is 0 Å². The van der Waals surface area contributed by atoms with Crippen molar-refractivity contribution < 1.29 is 28.6 Å². The van der Waals surface area contributed by atoms with Crippen LogP contribution in [0.1, 0.15) is 19.4 Å². The first-order valence-electron chi connectivity index (χ1n) is 9.54. The Morgan fingerprint density at radius 1 is 1.03 bits per heavy atom. The van der Waals surface area contributed by atoms with Crippen molar-refractivity contribution in [3.05, 3.63) is 51.1 Å². The van der Waals surface area contributed by atoms with Gasteiger partial charge in [0, 0.05) is 0 Å². The Kier molecular flexibility index (Phi) is 7.16. The first-order valence-corrected chi connectivity index (χ1v) is 10.6. The average Bonchev–Trinajstić information content (AvgIpc) is 2.74. The molecule has 31 heavy (non-hydrogen) atoms. The number of ether oxygens (including phenoxy) is 3. The second kappa shape index (κ2) is 9.82. The minimum absolute atomic E-state index is 0.187. The highest BCUT2D eigenvalue weighted by Gasteiger charge is 2.38. The fourth-order valence-electron chi connectivity index (χ4n) is 3.07. The second-order valence-corrected chi connectivity index (χ2v) is 7.49. The van der Waals surface area contributed by atoms with Crippen LogP contribution >= 0.6 is 22.6 Å². The van der Waals surface area contributed by atoms with Gasteiger partial charge in [0.2, 0.25) is 0 Å². The van der Waals surface area contributed by atoms with Gasteiger partial charge in [0.1, 0.15) is 11.3 Å². The summed E-state index contributed by atoms with van der Waals surface area (Å²) in [7, 11) is 1.51. The molecule has 3 rings (SSSR count). The predicted octanol–water partition coefficient (Wildman–Crippen LogP) is 3.76. The minimum atomic E-state index is -0.835. The molecule has 0 spiro atoms. The molecule has 0 unspecified atom stereocenters. The van der Waals surface area contributed by atoms with E-state index in [4.69, 9.17) is 14.2 Å². The van der Waals surface area contributed by atoms with Gasteiger partial charge in [-0.15, -0.1) is 0 Å². The summed E-state index contributed by atoms with van der Waals surface area (Å²) in [4.78, 5) is 39.0. The molecule has 0 bridgehead atoms. The van der Waals surface area contributed by atoms with Crippen LogP contribution in [0.2, 0.25) is 0 Å². The van der Waals surface area contributed by atoms with Gasteiger partial charge in [0.05, 0.1) is 29.6 Å². The van der Waals surface area contributed by atoms with Crippen LogP contribution in [0.3, 0.4) is 0 Å². The van der Waals surface area contributed by atoms with Crippen LogP contribution in [0.15, 0.2) is 42.0 Å². The van der Waals surface area contributed by atoms with E-state index in [9.17, 15) is 14.4 Å². The monoisotopic (exact) mass is 536 g/mol. The first-order chi connectivity index (χ1) is 14.9. The molecule has 1 heterocycles. The van der Waals surface area contributed by atoms with E-state index in [1.807, 2.05) is 6.92 Å². The molecule has 8 nitrogen and oxygen atoms in total. The topological polar surface area (TPSA) is 94.2 Å². The van der Waals surface area contributed by atoms with E-state index in [1.54, 1.807) is 43.3 Å². The van der Waals surface area contributed by atoms with Crippen molar-refractivity contribution in [2.24, 2.45) is 0 Å². The molecule has 1 saturated heterocycles. The summed E-state index contributed by atoms with van der Waals surface area (Å²) in [5.41, 5.74) is 0.618. The van der Waals surface area contributed by atoms with E-state index in [0.717, 1.165) is 8.47 Å². The third-order valence-electron chi connectivity index (χ3n) is 4.36. The number of amides is 4. The Morgan fingerprint density at radius 3 is 2.42 bits per heavy atom. The number of rotatable bonds is 7. The Labute approximate surface area is 193 Å². The molecule has 1 aliphatic heterocycles. The highest BCUT2D eigenvalue weighted by molar-refractivity contribution is 14.1. The number of methoxy groups -OCH3 is 1. The predicted molar refractivity (Wildman–Crippen MR) is 123 cm³/mol. The number of benzene rings is 2. The van der Waals surface area contributed by atoms with Gasteiger partial charge in [-0.25, -0.2) is 9.69 Å². The molecule has 1 aliphatic rings. The first kappa shape index (κ1) is 22.6. The molecule has 1 N–H and O–H groups in total. The number of anilines is 1. The van der Waals surface area contributed by atoms with E-state index in [-0.39, 0.29) is 11.3 Å². The van der Waals surface area contributed by atoms with Crippen molar-refractivity contribution in [3.63, 3.8) is 0 Å². The lowest BCUT2D eigenvalue weighted by Crippen LogP contribution is -2.54. The van der Waals surface area contributed by atoms with Crippen molar-refractivity contribution in [1.82, 2.24) is 5.32 Å². The summed E-state index contributed by atoms with van der Waals surface area (Å²) >= 11 is 2.09. The van der Waals surface area contributed by atoms with Gasteiger partial charge in [0.25, 0.3) is 11.8 Å². The number of carbonyl (C=O) groups excluding carboxylic acids is 3. The van der Waals surface area contributed by atoms with Gasteiger partial charge in [0.15, 0.2) is 11.5 Å². The van der Waals surface area contributed by atoms with Crippen molar-refractivity contribution in [3.8, 4) is 17.2 Å². The van der Waals surface area contributed by atoms with Gasteiger partial charge in [-0.05, 0) is 72.3 Å². The van der Waals surface area contributed by atoms with Crippen molar-refractivity contribution >= 4 is 52.2 Å². The summed E-state index contributed by atoms with van der Waals surface area (Å²) < 4.78 is 17.3. The van der Waals surface area contributed by atoms with Gasteiger partial charge >= 0.3 is 6.03 Å². The fraction of sp³-hybridized carbons (Fsp3) is 0.227. The zero-order chi connectivity index (χ0) is 22.5. The van der Waals surface area contributed by atoms with E-state index in [1.165, 1.54) is 13.2 Å². The van der Waals surface area contributed by atoms with Gasteiger partial charge in [-0.3, -0.25) is 14.9 Å². The molecule has 0 atom stereocenters. The minimum Gasteiger partial charge on any atom is -0.493 e. The van der Waals surface area contributed by atoms with Gasteiger partial charge < -0.3 is 14.2 Å². The van der Waals surface area contributed by atoms with Crippen molar-refractivity contribution in [2.45, 2.75) is 13.8 Å². The maximum absolute atomic E-state index is 13.2. The number of hydrogen-bond acceptors (Lipinski definition) is 6. The molecule has 0 radical (unpaired) electrons. The Morgan fingerprint density at radius 2 is 1.74 bits per heavy atom. The van der Waals surface area contributed by atoms with Crippen LogP contribution in [0.4, 0.5) is 10.5 Å². The zero-order valence-corrected chi connectivity index (χ0v) is 19.4. The number of carbonyl (C=O) groups is 3. The van der Waals surface area contributed by atoms with Gasteiger partial charge in [-0.2, -0.15) is 0 Å². The largest absolute Gasteiger partial charge is 0.493 e. The number of halogens is 1. The number of hydrogen-bond donors (Lipinski definition) is 1. The number of urea groups is 1. The highest BCUT2D eigenvalue weighted by atomic mass is 127. The Balaban J connectivity index is 2.05. The van der Waals surface area contributed by atoms with E-state index in [2.05, 4.69) is 27.9 Å². The summed E-state index contributed by atoms with van der Waals surface area (Å²) in [6.45, 7) is 4.48. The van der Waals surface area contributed by atoms with Crippen LogP contribution < -0.4 is 24.4 Å². The summed E-state index contributed by atoms with van der Waals surface area (Å²) in [5, 5.41) is 2.22. The number of nitrogens with zero attached hydrogens (tertiary/aromatic N) is 1. The second-order valence-electron chi connectivity index (χ2n) is 6.33. The lowest BCUT2D eigenvalue weighted by molar-refractivity contribution is -0.122. The average molecular weight is 536 g/mol. The highest BCUT2D eigenvalue weighted by Crippen LogP contribution is 2.35. The lowest BCUT2D eigenvalue weighted by Gasteiger charge is -2.27. The molecule has 0 aromatic heterocycles. The SMILES string of the molecule is CCOc1ccccc1N1C(=O)NC(=O)/C(=C/c2cc(I)c(OCC)c(OC)c2)C1=O. The standard InChI is InChI=1S/C22H21IN2O6/c1-4-30-17-9-7-6-8-16(17)25-21(27)14(20(26)24-22(25)28)10-13-11-15(23)19(31-5-2)18(12-13)29-3/h6-12H,4-5H2,1-3H3,(H,24,26,28)/b14-10-. The normalized spacial score (nSPS) is 15.2. The Bertz CT molecular complexity index is 1070. The fourth-order valence-corrected chi connectivity index (χ4v) is 3.85. The van der Waals surface area contributed by atoms with Crippen LogP contribution in [0.25, 0.3) is 6.08 Å². The molecule has 1 fully saturated rings. The van der Waals surface area contributed by atoms with Crippen LogP contribution in [0, 0.1) is 3.57 Å². The molecule has 2 aromatic carbocycles. The Hall–Kier alpha value is -3.08. The van der Waals surface area contributed by atoms with Gasteiger partial charge in [-0.1, -0.05) is 12.1 Å². The molecule has 4 amide bonds. The van der Waals surface area contributed by atoms with Crippen molar-refractivity contribution in [2.75, 3.05) is 25.2 Å². The number of para-hydroxylation sites is 2. The number of nitrogens with one attached hydrogen (secondary N) is 1. The molecule has 0 saturated carbocycles. The van der Waals surface area contributed by atoms with Crippen LogP contribution in [-0.4, -0.2) is 38.2 Å². The maximum Gasteiger partial charge on any atom is 0.336 e. The third kappa shape index (κ3) is 4.66. The summed E-state index contributed by atoms with van der Waals surface area (Å²) in [6.07, 6.45) is 1.42. The molecular weight excluding hydrogens is 515 g/mol. The van der Waals surface area contributed by atoms with E-state index < -0.39 is 17.8 Å². The maximum atomic E-state index is 13.2. The van der Waals surface area contributed by atoms with Crippen LogP contribution in [-0.2, 0) is 9.59 Å². The number of imide groups is 2. The molecule has 0 aliphatic carbocycles.